The van der Waals surface area contributed by atoms with Gasteiger partial charge >= 0.3 is 6.09 Å². The van der Waals surface area contributed by atoms with E-state index in [1.54, 1.807) is 34.0 Å². The molecule has 70 heavy (non-hydrogen) atoms. The molecule has 4 aliphatic rings. The SMILES string of the molecule is Cc1cc(C2CCN(c3ccc(C(=O)Nc4cc5c(cn4)cc([C@H]4CCCN4C)n5C(=O)OC(C)(C)C)cn3)CC2)ccc1-c1cccc2c1CN(C1CCC(=O)N(COCC[Si](C)(C)C)C1=O)C2=O. The van der Waals surface area contributed by atoms with Crippen LogP contribution in [0.15, 0.2) is 73.1 Å². The number of fused-ring (bicyclic) bond motifs is 2. The van der Waals surface area contributed by atoms with Crippen LogP contribution in [-0.2, 0) is 25.6 Å². The monoisotopic (exact) mass is 966 g/mol. The van der Waals surface area contributed by atoms with Gasteiger partial charge in [0.15, 0.2) is 0 Å². The van der Waals surface area contributed by atoms with E-state index in [2.05, 4.69) is 78.0 Å². The van der Waals surface area contributed by atoms with Crippen molar-refractivity contribution in [1.82, 2.24) is 29.2 Å². The van der Waals surface area contributed by atoms with Crippen molar-refractivity contribution in [3.05, 3.63) is 107 Å². The van der Waals surface area contributed by atoms with Gasteiger partial charge in [-0.15, -0.1) is 0 Å². The number of pyridine rings is 2. The number of aryl methyl sites for hydroxylation is 1. The second-order valence-corrected chi connectivity index (χ2v) is 27.3. The summed E-state index contributed by atoms with van der Waals surface area (Å²) in [5.74, 6) is 0.329. The van der Waals surface area contributed by atoms with Crippen molar-refractivity contribution in [1.29, 1.82) is 0 Å². The molecular weight excluding hydrogens is 901 g/mol. The first kappa shape index (κ1) is 48.8. The average molecular weight is 967 g/mol. The topological polar surface area (TPSA) is 160 Å². The van der Waals surface area contributed by atoms with Crippen molar-refractivity contribution in [2.24, 2.45) is 0 Å². The molecule has 368 valence electrons. The highest BCUT2D eigenvalue weighted by Crippen LogP contribution is 2.40. The molecule has 1 unspecified atom stereocenters. The molecule has 2 aromatic carbocycles. The average Bonchev–Trinajstić information content (AvgIpc) is 4.02. The molecule has 2 atom stereocenters. The number of hydrogen-bond donors (Lipinski definition) is 1. The molecule has 3 saturated heterocycles. The Kier molecular flexibility index (Phi) is 13.6. The third-order valence-corrected chi connectivity index (χ3v) is 16.0. The number of piperidine rings is 2. The maximum absolute atomic E-state index is 13.9. The standard InChI is InChI=1S/C54H66N8O7Si/c1-34-27-36(14-16-39(34)40-11-9-12-41-42(40)32-60(51(41)65)44-17-19-49(63)61(52(44)66)33-68-25-26-70(6,7)8)35-20-23-59(24-21-35)48-18-15-37(30-56-48)50(64)57-47-29-45-38(31-55-47)28-46(43-13-10-22-58(43)5)62(45)53(67)69-54(2,3)4/h9,11-12,14-16,18,27-31,35,43-44H,10,13,17,19-26,32-33H2,1-8H3,(H,55,57,64)/t43-,44?/m1/s1. The Balaban J connectivity index is 0.820. The number of imide groups is 1. The van der Waals surface area contributed by atoms with Gasteiger partial charge in [0, 0.05) is 75.8 Å². The van der Waals surface area contributed by atoms with Crippen LogP contribution >= 0.6 is 0 Å². The minimum absolute atomic E-state index is 0.0653. The van der Waals surface area contributed by atoms with Crippen LogP contribution in [0.3, 0.4) is 0 Å². The van der Waals surface area contributed by atoms with E-state index in [-0.39, 0.29) is 42.8 Å². The maximum atomic E-state index is 13.9. The molecule has 0 saturated carbocycles. The van der Waals surface area contributed by atoms with Crippen LogP contribution in [0.4, 0.5) is 16.4 Å². The van der Waals surface area contributed by atoms with Crippen molar-refractivity contribution in [2.75, 3.05) is 50.2 Å². The van der Waals surface area contributed by atoms with Crippen molar-refractivity contribution in [3.63, 3.8) is 0 Å². The molecular formula is C54H66N8O7Si. The Bertz CT molecular complexity index is 2840. The molecule has 3 fully saturated rings. The summed E-state index contributed by atoms with van der Waals surface area (Å²) in [7, 11) is 0.727. The van der Waals surface area contributed by atoms with Crippen LogP contribution in [-0.4, -0.2) is 119 Å². The van der Waals surface area contributed by atoms with Crippen molar-refractivity contribution in [3.8, 4) is 11.1 Å². The lowest BCUT2D eigenvalue weighted by molar-refractivity contribution is -0.158. The second kappa shape index (κ2) is 19.5. The first-order valence-corrected chi connectivity index (χ1v) is 28.5. The van der Waals surface area contributed by atoms with E-state index >= 15 is 0 Å². The summed E-state index contributed by atoms with van der Waals surface area (Å²) in [5.41, 5.74) is 7.10. The number of ether oxygens (including phenoxy) is 2. The molecule has 7 heterocycles. The van der Waals surface area contributed by atoms with Gasteiger partial charge in [-0.2, -0.15) is 0 Å². The summed E-state index contributed by atoms with van der Waals surface area (Å²) < 4.78 is 13.3. The number of carbonyl (C=O) groups is 5. The van der Waals surface area contributed by atoms with Crippen molar-refractivity contribution < 1.29 is 33.4 Å². The maximum Gasteiger partial charge on any atom is 0.419 e. The molecule has 4 amide bonds. The summed E-state index contributed by atoms with van der Waals surface area (Å²) in [6.45, 7) is 17.7. The number of aromatic nitrogens is 3. The van der Waals surface area contributed by atoms with Gasteiger partial charge in [-0.3, -0.25) is 29.0 Å². The molecule has 15 nitrogen and oxygen atoms in total. The lowest BCUT2D eigenvalue weighted by atomic mass is 9.86. The van der Waals surface area contributed by atoms with E-state index < -0.39 is 25.8 Å². The minimum Gasteiger partial charge on any atom is -0.443 e. The fraction of sp³-hybridized carbons (Fsp3) is 0.463. The molecule has 4 aliphatic heterocycles. The summed E-state index contributed by atoms with van der Waals surface area (Å²) in [5, 5.41) is 3.71. The van der Waals surface area contributed by atoms with Gasteiger partial charge in [-0.25, -0.2) is 19.3 Å². The molecule has 5 aromatic rings. The quantitative estimate of drug-likeness (QED) is 0.0721. The van der Waals surface area contributed by atoms with Crippen LogP contribution in [0, 0.1) is 6.92 Å². The third-order valence-electron chi connectivity index (χ3n) is 14.3. The van der Waals surface area contributed by atoms with Gasteiger partial charge in [-0.1, -0.05) is 50.0 Å². The number of nitrogens with zero attached hydrogens (tertiary/aromatic N) is 7. The van der Waals surface area contributed by atoms with E-state index in [1.807, 2.05) is 45.0 Å². The summed E-state index contributed by atoms with van der Waals surface area (Å²) in [6.07, 6.45) is 7.14. The highest BCUT2D eigenvalue weighted by Gasteiger charge is 2.43. The van der Waals surface area contributed by atoms with E-state index in [9.17, 15) is 24.0 Å². The molecule has 3 aromatic heterocycles. The normalized spacial score (nSPS) is 19.4. The van der Waals surface area contributed by atoms with Crippen molar-refractivity contribution >= 4 is 60.3 Å². The molecule has 0 radical (unpaired) electrons. The molecule has 9 rings (SSSR count). The number of carbonyl (C=O) groups excluding carboxylic acids is 5. The zero-order valence-corrected chi connectivity index (χ0v) is 42.8. The van der Waals surface area contributed by atoms with E-state index in [1.165, 1.54) is 10.5 Å². The molecule has 0 aliphatic carbocycles. The first-order chi connectivity index (χ1) is 33.3. The molecule has 1 N–H and O–H groups in total. The Morgan fingerprint density at radius 1 is 0.857 bits per heavy atom. The largest absolute Gasteiger partial charge is 0.443 e. The third kappa shape index (κ3) is 10.2. The van der Waals surface area contributed by atoms with Gasteiger partial charge in [-0.05, 0) is 137 Å². The molecule has 0 spiro atoms. The van der Waals surface area contributed by atoms with Gasteiger partial charge in [0.2, 0.25) is 5.91 Å². The van der Waals surface area contributed by atoms with Gasteiger partial charge in [0.05, 0.1) is 17.1 Å². The lowest BCUT2D eigenvalue weighted by Crippen LogP contribution is -2.55. The smallest absolute Gasteiger partial charge is 0.419 e. The van der Waals surface area contributed by atoms with Crippen molar-refractivity contribution in [2.45, 2.75) is 122 Å². The number of hydrogen-bond acceptors (Lipinski definition) is 11. The predicted molar refractivity (Wildman–Crippen MR) is 273 cm³/mol. The van der Waals surface area contributed by atoms with E-state index in [4.69, 9.17) is 14.5 Å². The van der Waals surface area contributed by atoms with Crippen LogP contribution in [0.25, 0.3) is 22.0 Å². The predicted octanol–water partition coefficient (Wildman–Crippen LogP) is 9.38. The first-order valence-electron chi connectivity index (χ1n) is 24.8. The lowest BCUT2D eigenvalue weighted by Gasteiger charge is -2.35. The second-order valence-electron chi connectivity index (χ2n) is 21.7. The Morgan fingerprint density at radius 2 is 1.63 bits per heavy atom. The fourth-order valence-electron chi connectivity index (χ4n) is 10.5. The highest BCUT2D eigenvalue weighted by atomic mass is 28.3. The molecule has 0 bridgehead atoms. The van der Waals surface area contributed by atoms with Gasteiger partial charge < -0.3 is 24.6 Å². The summed E-state index contributed by atoms with van der Waals surface area (Å²) in [4.78, 5) is 84.2. The Morgan fingerprint density at radius 3 is 2.31 bits per heavy atom. The van der Waals surface area contributed by atoms with Crippen LogP contribution < -0.4 is 10.2 Å². The van der Waals surface area contributed by atoms with Crippen LogP contribution in [0.5, 0.6) is 0 Å². The Hall–Kier alpha value is -6.23. The van der Waals surface area contributed by atoms with E-state index in [0.29, 0.717) is 48.0 Å². The zero-order valence-electron chi connectivity index (χ0n) is 41.8. The summed E-state index contributed by atoms with van der Waals surface area (Å²) >= 11 is 0. The van der Waals surface area contributed by atoms with Crippen LogP contribution in [0.2, 0.25) is 25.7 Å². The minimum atomic E-state index is -1.34. The fourth-order valence-corrected chi connectivity index (χ4v) is 11.2. The highest BCUT2D eigenvalue weighted by molar-refractivity contribution is 6.76. The summed E-state index contributed by atoms with van der Waals surface area (Å²) in [6, 6.07) is 20.1. The zero-order chi connectivity index (χ0) is 49.6. The Labute approximate surface area is 411 Å². The van der Waals surface area contributed by atoms with Crippen LogP contribution in [0.1, 0.15) is 114 Å². The number of anilines is 2. The number of likely N-dealkylation sites (tertiary alicyclic amines) is 2. The van der Waals surface area contributed by atoms with Gasteiger partial charge in [0.1, 0.15) is 30.0 Å². The molecule has 16 heteroatoms. The number of amides is 4. The van der Waals surface area contributed by atoms with E-state index in [0.717, 1.165) is 90.5 Å². The number of nitrogens with one attached hydrogen (secondary N) is 1. The van der Waals surface area contributed by atoms with Gasteiger partial charge in [0.25, 0.3) is 17.7 Å². The number of rotatable bonds is 12. The number of benzene rings is 2.